The van der Waals surface area contributed by atoms with Crippen LogP contribution in [0.1, 0.15) is 22.7 Å². The lowest BCUT2D eigenvalue weighted by Crippen LogP contribution is -2.37. The molecule has 0 fully saturated rings. The van der Waals surface area contributed by atoms with Crippen molar-refractivity contribution >= 4 is 24.0 Å². The molecule has 0 N–H and O–H groups in total. The van der Waals surface area contributed by atoms with Crippen molar-refractivity contribution in [3.8, 4) is 0 Å². The van der Waals surface area contributed by atoms with Crippen LogP contribution in [-0.4, -0.2) is 9.36 Å². The van der Waals surface area contributed by atoms with E-state index in [1.54, 1.807) is 21.5 Å². The van der Waals surface area contributed by atoms with Gasteiger partial charge in [0.25, 0.3) is 11.1 Å². The van der Waals surface area contributed by atoms with Crippen LogP contribution in [0.15, 0.2) is 125 Å². The normalized spacial score (nSPS) is 19.5. The molecule has 5 heteroatoms. The quantitative estimate of drug-likeness (QED) is 0.362. The predicted octanol–water partition coefficient (Wildman–Crippen LogP) is 5.08. The molecule has 33 heavy (non-hydrogen) atoms. The van der Waals surface area contributed by atoms with E-state index in [-0.39, 0.29) is 22.7 Å². The van der Waals surface area contributed by atoms with Crippen LogP contribution >= 0.6 is 7.92 Å². The van der Waals surface area contributed by atoms with Gasteiger partial charge in [0.15, 0.2) is 0 Å². The van der Waals surface area contributed by atoms with E-state index >= 15 is 0 Å². The number of fused-ring (bicyclic) bond motifs is 2. The molecule has 160 valence electrons. The van der Waals surface area contributed by atoms with Crippen LogP contribution < -0.4 is 16.4 Å². The van der Waals surface area contributed by atoms with E-state index in [0.717, 1.165) is 16.4 Å². The van der Waals surface area contributed by atoms with Gasteiger partial charge in [-0.3, -0.25) is 9.59 Å². The van der Waals surface area contributed by atoms with Gasteiger partial charge >= 0.3 is 0 Å². The summed E-state index contributed by atoms with van der Waals surface area (Å²) >= 11 is 0. The highest BCUT2D eigenvalue weighted by Gasteiger charge is 2.44. The van der Waals surface area contributed by atoms with Crippen LogP contribution in [0.4, 0.5) is 0 Å². The molecule has 0 aliphatic carbocycles. The lowest BCUT2D eigenvalue weighted by atomic mass is 10.2. The molecule has 6 rings (SSSR count). The second kappa shape index (κ2) is 7.99. The van der Waals surface area contributed by atoms with E-state index in [4.69, 9.17) is 0 Å². The van der Waals surface area contributed by atoms with E-state index < -0.39 is 7.92 Å². The zero-order chi connectivity index (χ0) is 22.4. The topological polar surface area (TPSA) is 44.0 Å². The summed E-state index contributed by atoms with van der Waals surface area (Å²) in [4.78, 5) is 27.8. The zero-order valence-corrected chi connectivity index (χ0v) is 18.7. The van der Waals surface area contributed by atoms with Gasteiger partial charge in [0.1, 0.15) is 11.6 Å². The highest BCUT2D eigenvalue weighted by atomic mass is 31.1. The molecule has 1 unspecified atom stereocenters. The molecule has 1 aliphatic rings. The maximum atomic E-state index is 13.9. The molecule has 4 aromatic carbocycles. The Hall–Kier alpha value is -3.75. The smallest absolute Gasteiger partial charge is 0.267 e. The van der Waals surface area contributed by atoms with Crippen molar-refractivity contribution in [2.75, 3.05) is 0 Å². The third-order valence-corrected chi connectivity index (χ3v) is 9.26. The lowest BCUT2D eigenvalue weighted by Gasteiger charge is -2.25. The van der Waals surface area contributed by atoms with Crippen molar-refractivity contribution in [3.63, 3.8) is 0 Å². The largest absolute Gasteiger partial charge is 0.274 e. The fraction of sp³-hybridized carbons (Fsp3) is 0.0714. The first-order valence-electron chi connectivity index (χ1n) is 10.9. The van der Waals surface area contributed by atoms with Crippen LogP contribution in [0.5, 0.6) is 0 Å². The Morgan fingerprint density at radius 1 is 0.485 bits per heavy atom. The molecule has 0 spiro atoms. The zero-order valence-electron chi connectivity index (χ0n) is 17.8. The van der Waals surface area contributed by atoms with Crippen molar-refractivity contribution in [2.45, 2.75) is 11.6 Å². The van der Waals surface area contributed by atoms with Crippen molar-refractivity contribution in [3.05, 3.63) is 147 Å². The van der Waals surface area contributed by atoms with Crippen LogP contribution in [0.3, 0.4) is 0 Å². The van der Waals surface area contributed by atoms with Gasteiger partial charge in [0.05, 0.1) is 10.8 Å². The van der Waals surface area contributed by atoms with Gasteiger partial charge in [0, 0.05) is 0 Å². The summed E-state index contributed by atoms with van der Waals surface area (Å²) in [6.07, 6.45) is 0. The first-order valence-corrected chi connectivity index (χ1v) is 12.4. The summed E-state index contributed by atoms with van der Waals surface area (Å²) in [6, 6.07) is 37.7. The second-order valence-corrected chi connectivity index (χ2v) is 10.5. The van der Waals surface area contributed by atoms with Gasteiger partial charge in [-0.1, -0.05) is 103 Å². The Morgan fingerprint density at radius 2 is 0.848 bits per heavy atom. The lowest BCUT2D eigenvalue weighted by molar-refractivity contribution is 0.494. The average Bonchev–Trinajstić information content (AvgIpc) is 3.25. The molecular formula is C28H21N2O2P. The van der Waals surface area contributed by atoms with Crippen molar-refractivity contribution in [1.29, 1.82) is 0 Å². The Morgan fingerprint density at radius 3 is 1.27 bits per heavy atom. The maximum Gasteiger partial charge on any atom is 0.274 e. The highest BCUT2D eigenvalue weighted by Crippen LogP contribution is 2.64. The summed E-state index contributed by atoms with van der Waals surface area (Å²) in [7, 11) is -1.02. The van der Waals surface area contributed by atoms with Gasteiger partial charge in [-0.05, 0) is 36.5 Å². The molecule has 0 bridgehead atoms. The Labute approximate surface area is 192 Å². The maximum absolute atomic E-state index is 13.9. The summed E-state index contributed by atoms with van der Waals surface area (Å²) in [5.41, 5.74) is 1.83. The van der Waals surface area contributed by atoms with Crippen LogP contribution in [0.2, 0.25) is 0 Å². The fourth-order valence-corrected chi connectivity index (χ4v) is 8.10. The third-order valence-electron chi connectivity index (χ3n) is 6.28. The van der Waals surface area contributed by atoms with E-state index in [1.807, 2.05) is 66.7 Å². The number of hydrogen-bond acceptors (Lipinski definition) is 2. The Balaban J connectivity index is 1.77. The Kier molecular flexibility index (Phi) is 4.82. The number of hydrogen-bond donors (Lipinski definition) is 0. The Bertz CT molecular complexity index is 1460. The molecule has 0 amide bonds. The first-order chi connectivity index (χ1) is 16.3. The fourth-order valence-electron chi connectivity index (χ4n) is 4.86. The van der Waals surface area contributed by atoms with Gasteiger partial charge in [0.2, 0.25) is 0 Å². The van der Waals surface area contributed by atoms with Gasteiger partial charge < -0.3 is 0 Å². The highest BCUT2D eigenvalue weighted by molar-refractivity contribution is 7.66. The van der Waals surface area contributed by atoms with Gasteiger partial charge in [-0.15, -0.1) is 0 Å². The van der Waals surface area contributed by atoms with Gasteiger partial charge in [-0.25, -0.2) is 9.36 Å². The molecule has 0 saturated heterocycles. The molecule has 2 heterocycles. The van der Waals surface area contributed by atoms with E-state index in [0.29, 0.717) is 10.8 Å². The molecular weight excluding hydrogens is 427 g/mol. The SMILES string of the molecule is O=c1c2ccccc2c(=O)n2n1[C@@H](c1ccccc1)P(c1ccccc1)[C@H]2c1ccccc1. The standard InChI is InChI=1S/C28H21N2O2P/c31-25-23-18-10-11-19-24(23)26(32)30-28(21-14-6-2-7-15-21)33(22-16-8-3-9-17-22)27(29(25)30)20-12-4-1-5-13-20/h1-19,27-28H/t27-,28+,33?. The molecule has 3 atom stereocenters. The number of nitrogens with zero attached hydrogens (tertiary/aromatic N) is 2. The molecule has 1 aliphatic heterocycles. The average molecular weight is 448 g/mol. The summed E-state index contributed by atoms with van der Waals surface area (Å²) < 4.78 is 3.47. The number of rotatable bonds is 3. The van der Waals surface area contributed by atoms with Gasteiger partial charge in [-0.2, -0.15) is 0 Å². The second-order valence-electron chi connectivity index (χ2n) is 8.16. The monoisotopic (exact) mass is 448 g/mol. The summed E-state index contributed by atoms with van der Waals surface area (Å²) in [5, 5.41) is 2.10. The van der Waals surface area contributed by atoms with Crippen LogP contribution in [0.25, 0.3) is 10.8 Å². The molecule has 0 saturated carbocycles. The molecule has 5 aromatic rings. The number of aromatic nitrogens is 2. The third kappa shape index (κ3) is 3.10. The van der Waals surface area contributed by atoms with E-state index in [9.17, 15) is 9.59 Å². The van der Waals surface area contributed by atoms with E-state index in [1.165, 1.54) is 0 Å². The van der Waals surface area contributed by atoms with Crippen molar-refractivity contribution in [1.82, 2.24) is 9.36 Å². The summed E-state index contributed by atoms with van der Waals surface area (Å²) in [6.45, 7) is 0. The molecule has 0 radical (unpaired) electrons. The van der Waals surface area contributed by atoms with Crippen LogP contribution in [-0.2, 0) is 0 Å². The van der Waals surface area contributed by atoms with Crippen molar-refractivity contribution < 1.29 is 0 Å². The number of benzene rings is 4. The minimum atomic E-state index is -1.02. The minimum absolute atomic E-state index is 0.124. The van der Waals surface area contributed by atoms with Crippen LogP contribution in [0, 0.1) is 0 Å². The molecule has 1 aromatic heterocycles. The first kappa shape index (κ1) is 19.9. The molecule has 4 nitrogen and oxygen atoms in total. The minimum Gasteiger partial charge on any atom is -0.267 e. The summed E-state index contributed by atoms with van der Waals surface area (Å²) in [5.74, 6) is -0.503. The van der Waals surface area contributed by atoms with E-state index in [2.05, 4.69) is 36.4 Å². The van der Waals surface area contributed by atoms with Crippen molar-refractivity contribution in [2.24, 2.45) is 0 Å². The predicted molar refractivity (Wildman–Crippen MR) is 135 cm³/mol.